The van der Waals surface area contributed by atoms with Crippen LogP contribution in [0.2, 0.25) is 0 Å². The fraction of sp³-hybridized carbons (Fsp3) is 0.692. The van der Waals surface area contributed by atoms with Crippen LogP contribution in [0.5, 0.6) is 0 Å². The molecule has 0 aromatic carbocycles. The summed E-state index contributed by atoms with van der Waals surface area (Å²) >= 11 is 0. The third-order valence-electron chi connectivity index (χ3n) is 2.88. The van der Waals surface area contributed by atoms with E-state index in [0.29, 0.717) is 12.0 Å². The van der Waals surface area contributed by atoms with Gasteiger partial charge in [-0.05, 0) is 31.7 Å². The van der Waals surface area contributed by atoms with E-state index in [0.717, 1.165) is 25.6 Å². The number of hydrogen-bond donors (Lipinski definition) is 2. The molecule has 2 rings (SSSR count). The zero-order valence-corrected chi connectivity index (χ0v) is 14.0. The highest BCUT2D eigenvalue weighted by molar-refractivity contribution is 14.0. The number of aromatic nitrogens is 2. The molecule has 1 saturated carbocycles. The molecule has 108 valence electrons. The molecular weight excluding hydrogens is 353 g/mol. The number of guanidine groups is 1. The Morgan fingerprint density at radius 1 is 1.53 bits per heavy atom. The van der Waals surface area contributed by atoms with Gasteiger partial charge < -0.3 is 10.6 Å². The van der Waals surface area contributed by atoms with Crippen molar-refractivity contribution < 1.29 is 0 Å². The van der Waals surface area contributed by atoms with Crippen LogP contribution >= 0.6 is 24.0 Å². The number of nitrogens with zero attached hydrogens (tertiary/aromatic N) is 3. The Morgan fingerprint density at radius 3 is 2.89 bits per heavy atom. The smallest absolute Gasteiger partial charge is 0.191 e. The fourth-order valence-electron chi connectivity index (χ4n) is 1.77. The summed E-state index contributed by atoms with van der Waals surface area (Å²) in [5, 5.41) is 10.9. The number of halogens is 1. The Bertz CT molecular complexity index is 372. The van der Waals surface area contributed by atoms with Crippen molar-refractivity contribution in [1.82, 2.24) is 20.4 Å². The summed E-state index contributed by atoms with van der Waals surface area (Å²) in [5.41, 5.74) is 0. The summed E-state index contributed by atoms with van der Waals surface area (Å²) in [6.45, 7) is 6.94. The van der Waals surface area contributed by atoms with Gasteiger partial charge in [0.1, 0.15) is 0 Å². The molecule has 1 fully saturated rings. The highest BCUT2D eigenvalue weighted by atomic mass is 127. The van der Waals surface area contributed by atoms with Crippen molar-refractivity contribution >= 4 is 29.9 Å². The minimum Gasteiger partial charge on any atom is -0.357 e. The first-order valence-electron chi connectivity index (χ1n) is 6.80. The molecule has 19 heavy (non-hydrogen) atoms. The van der Waals surface area contributed by atoms with Crippen molar-refractivity contribution in [3.63, 3.8) is 0 Å². The molecule has 1 atom stereocenters. The van der Waals surface area contributed by atoms with Gasteiger partial charge in [0.05, 0.1) is 0 Å². The monoisotopic (exact) mass is 377 g/mol. The Morgan fingerprint density at radius 2 is 2.32 bits per heavy atom. The van der Waals surface area contributed by atoms with E-state index in [-0.39, 0.29) is 24.0 Å². The Kier molecular flexibility index (Phi) is 7.19. The van der Waals surface area contributed by atoms with Gasteiger partial charge in [0.15, 0.2) is 5.96 Å². The molecule has 1 unspecified atom stereocenters. The van der Waals surface area contributed by atoms with Crippen LogP contribution in [0, 0.1) is 5.92 Å². The molecule has 0 spiro atoms. The lowest BCUT2D eigenvalue weighted by Crippen LogP contribution is -2.38. The molecule has 0 aliphatic heterocycles. The molecule has 1 aliphatic carbocycles. The molecule has 1 heterocycles. The number of aliphatic imine (C=N–C) groups is 1. The highest BCUT2D eigenvalue weighted by Gasteiger charge is 2.22. The van der Waals surface area contributed by atoms with E-state index in [1.165, 1.54) is 12.8 Å². The lowest BCUT2D eigenvalue weighted by Gasteiger charge is -2.13. The molecule has 1 aliphatic rings. The van der Waals surface area contributed by atoms with Crippen molar-refractivity contribution in [2.24, 2.45) is 10.9 Å². The van der Waals surface area contributed by atoms with Crippen molar-refractivity contribution in [2.45, 2.75) is 39.3 Å². The van der Waals surface area contributed by atoms with Crippen LogP contribution in [0.4, 0.5) is 0 Å². The molecule has 0 bridgehead atoms. The molecule has 1 aromatic rings. The molecule has 5 nitrogen and oxygen atoms in total. The van der Waals surface area contributed by atoms with Crippen LogP contribution in [-0.2, 0) is 6.54 Å². The second-order valence-electron chi connectivity index (χ2n) is 4.97. The van der Waals surface area contributed by atoms with Crippen LogP contribution < -0.4 is 10.6 Å². The molecule has 2 N–H and O–H groups in total. The summed E-state index contributed by atoms with van der Waals surface area (Å²) in [5.74, 6) is 1.44. The zero-order valence-electron chi connectivity index (χ0n) is 11.7. The minimum atomic E-state index is 0. The lowest BCUT2D eigenvalue weighted by atomic mass is 10.2. The first-order chi connectivity index (χ1) is 8.78. The van der Waals surface area contributed by atoms with E-state index in [1.807, 2.05) is 23.1 Å². The highest BCUT2D eigenvalue weighted by Crippen LogP contribution is 2.18. The first kappa shape index (κ1) is 16.3. The van der Waals surface area contributed by atoms with E-state index < -0.39 is 0 Å². The van der Waals surface area contributed by atoms with Crippen LogP contribution in [-0.4, -0.2) is 34.9 Å². The fourth-order valence-corrected chi connectivity index (χ4v) is 1.77. The average Bonchev–Trinajstić information content (AvgIpc) is 3.02. The molecular formula is C13H24IN5. The van der Waals surface area contributed by atoms with Gasteiger partial charge in [0, 0.05) is 38.1 Å². The topological polar surface area (TPSA) is 54.2 Å². The SMILES string of the molecule is CCNC(=NCC(C)Cn1cccn1)NC1CC1.I. The number of rotatable bonds is 6. The number of nitrogens with one attached hydrogen (secondary N) is 2. The van der Waals surface area contributed by atoms with E-state index in [1.54, 1.807) is 0 Å². The Balaban J connectivity index is 0.00000180. The molecule has 1 aromatic heterocycles. The van der Waals surface area contributed by atoms with Crippen molar-refractivity contribution in [2.75, 3.05) is 13.1 Å². The first-order valence-corrected chi connectivity index (χ1v) is 6.80. The predicted molar refractivity (Wildman–Crippen MR) is 88.9 cm³/mol. The van der Waals surface area contributed by atoms with E-state index in [9.17, 15) is 0 Å². The van der Waals surface area contributed by atoms with Gasteiger partial charge in [-0.1, -0.05) is 6.92 Å². The van der Waals surface area contributed by atoms with E-state index in [2.05, 4.69) is 34.6 Å². The average molecular weight is 377 g/mol. The van der Waals surface area contributed by atoms with Crippen LogP contribution in [0.25, 0.3) is 0 Å². The van der Waals surface area contributed by atoms with Gasteiger partial charge in [-0.15, -0.1) is 24.0 Å². The maximum absolute atomic E-state index is 4.63. The van der Waals surface area contributed by atoms with Crippen molar-refractivity contribution in [3.8, 4) is 0 Å². The van der Waals surface area contributed by atoms with Gasteiger partial charge >= 0.3 is 0 Å². The van der Waals surface area contributed by atoms with E-state index >= 15 is 0 Å². The van der Waals surface area contributed by atoms with Crippen LogP contribution in [0.15, 0.2) is 23.5 Å². The van der Waals surface area contributed by atoms with Gasteiger partial charge in [-0.25, -0.2) is 0 Å². The summed E-state index contributed by atoms with van der Waals surface area (Å²) in [7, 11) is 0. The Labute approximate surface area is 132 Å². The van der Waals surface area contributed by atoms with Gasteiger partial charge in [-0.3, -0.25) is 9.67 Å². The van der Waals surface area contributed by atoms with Crippen molar-refractivity contribution in [3.05, 3.63) is 18.5 Å². The minimum absolute atomic E-state index is 0. The maximum Gasteiger partial charge on any atom is 0.191 e. The van der Waals surface area contributed by atoms with Gasteiger partial charge in [0.2, 0.25) is 0 Å². The van der Waals surface area contributed by atoms with Crippen LogP contribution in [0.1, 0.15) is 26.7 Å². The summed E-state index contributed by atoms with van der Waals surface area (Å²) in [4.78, 5) is 4.63. The van der Waals surface area contributed by atoms with Gasteiger partial charge in [0.25, 0.3) is 0 Å². The summed E-state index contributed by atoms with van der Waals surface area (Å²) < 4.78 is 1.96. The maximum atomic E-state index is 4.63. The third-order valence-corrected chi connectivity index (χ3v) is 2.88. The largest absolute Gasteiger partial charge is 0.357 e. The Hall–Kier alpha value is -0.790. The number of hydrogen-bond acceptors (Lipinski definition) is 2. The second-order valence-corrected chi connectivity index (χ2v) is 4.97. The van der Waals surface area contributed by atoms with Gasteiger partial charge in [-0.2, -0.15) is 5.10 Å². The molecule has 0 amide bonds. The summed E-state index contributed by atoms with van der Waals surface area (Å²) in [6.07, 6.45) is 6.35. The normalized spacial score (nSPS) is 16.6. The quantitative estimate of drug-likeness (QED) is 0.452. The van der Waals surface area contributed by atoms with Crippen LogP contribution in [0.3, 0.4) is 0 Å². The molecule has 0 radical (unpaired) electrons. The third kappa shape index (κ3) is 6.26. The standard InChI is InChI=1S/C13H23N5.HI/c1-3-14-13(17-12-5-6-12)15-9-11(2)10-18-8-4-7-16-18;/h4,7-8,11-12H,3,5-6,9-10H2,1-2H3,(H2,14,15,17);1H. The second kappa shape index (κ2) is 8.39. The molecule has 0 saturated heterocycles. The van der Waals surface area contributed by atoms with E-state index in [4.69, 9.17) is 0 Å². The lowest BCUT2D eigenvalue weighted by molar-refractivity contribution is 0.458. The summed E-state index contributed by atoms with van der Waals surface area (Å²) in [6, 6.07) is 2.60. The molecule has 6 heteroatoms. The predicted octanol–water partition coefficient (Wildman–Crippen LogP) is 1.85. The zero-order chi connectivity index (χ0) is 12.8. The van der Waals surface area contributed by atoms with Crippen molar-refractivity contribution in [1.29, 1.82) is 0 Å².